The maximum atomic E-state index is 11.9. The van der Waals surface area contributed by atoms with Crippen molar-refractivity contribution in [3.05, 3.63) is 23.8 Å². The van der Waals surface area contributed by atoms with Crippen LogP contribution in [0.5, 0.6) is 11.5 Å². The normalized spacial score (nSPS) is 18.4. The fraction of sp³-hybridized carbons (Fsp3) is 0.455. The molecule has 1 aliphatic rings. The van der Waals surface area contributed by atoms with E-state index in [1.54, 1.807) is 12.1 Å². The maximum absolute atomic E-state index is 11.9. The van der Waals surface area contributed by atoms with Gasteiger partial charge in [0.15, 0.2) is 0 Å². The predicted molar refractivity (Wildman–Crippen MR) is 55.2 cm³/mol. The first-order chi connectivity index (χ1) is 7.70. The molecule has 0 saturated carbocycles. The third-order valence-corrected chi connectivity index (χ3v) is 2.49. The molecule has 16 heavy (non-hydrogen) atoms. The zero-order valence-electron chi connectivity index (χ0n) is 8.87. The molecule has 0 bridgehead atoms. The largest absolute Gasteiger partial charge is 0.491 e. The van der Waals surface area contributed by atoms with Gasteiger partial charge in [-0.1, -0.05) is 0 Å². The van der Waals surface area contributed by atoms with Crippen molar-refractivity contribution in [1.82, 2.24) is 5.32 Å². The highest BCUT2D eigenvalue weighted by molar-refractivity contribution is 5.44. The minimum absolute atomic E-state index is 0.166. The molecule has 0 amide bonds. The Morgan fingerprint density at radius 2 is 2.38 bits per heavy atom. The van der Waals surface area contributed by atoms with Crippen LogP contribution in [0, 0.1) is 0 Å². The number of fused-ring (bicyclic) bond motifs is 1. The molecule has 1 aromatic carbocycles. The van der Waals surface area contributed by atoms with Crippen LogP contribution < -0.4 is 14.8 Å². The fourth-order valence-electron chi connectivity index (χ4n) is 1.68. The zero-order valence-corrected chi connectivity index (χ0v) is 8.87. The minimum atomic E-state index is -2.46. The van der Waals surface area contributed by atoms with Gasteiger partial charge in [0.05, 0.1) is 6.04 Å². The van der Waals surface area contributed by atoms with Crippen molar-refractivity contribution in [3.8, 4) is 11.5 Å². The van der Waals surface area contributed by atoms with Crippen LogP contribution in [0.4, 0.5) is 8.78 Å². The molecule has 0 radical (unpaired) electrons. The van der Waals surface area contributed by atoms with E-state index in [4.69, 9.17) is 9.47 Å². The molecule has 88 valence electrons. The van der Waals surface area contributed by atoms with Gasteiger partial charge in [0.25, 0.3) is 6.43 Å². The van der Waals surface area contributed by atoms with E-state index in [0.717, 1.165) is 5.56 Å². The average Bonchev–Trinajstić information content (AvgIpc) is 2.68. The van der Waals surface area contributed by atoms with Crippen LogP contribution in [0.25, 0.3) is 0 Å². The summed E-state index contributed by atoms with van der Waals surface area (Å²) in [6.07, 6.45) is -2.46. The van der Waals surface area contributed by atoms with Crippen LogP contribution in [0.15, 0.2) is 18.2 Å². The lowest BCUT2D eigenvalue weighted by Gasteiger charge is -2.08. The second kappa shape index (κ2) is 4.65. The minimum Gasteiger partial charge on any atom is -0.491 e. The Hall–Kier alpha value is -1.36. The molecule has 2 rings (SSSR count). The molecule has 0 saturated heterocycles. The molecule has 0 aliphatic carbocycles. The summed E-state index contributed by atoms with van der Waals surface area (Å²) in [5.74, 6) is 1.11. The number of likely N-dealkylation sites (N-methyl/N-ethyl adjacent to an activating group) is 1. The van der Waals surface area contributed by atoms with Gasteiger partial charge < -0.3 is 14.8 Å². The second-order valence-corrected chi connectivity index (χ2v) is 3.55. The molecule has 0 spiro atoms. The molecule has 1 heterocycles. The summed E-state index contributed by atoms with van der Waals surface area (Å²) in [6.45, 7) is -0.0294. The predicted octanol–water partition coefficient (Wildman–Crippen LogP) is 1.98. The highest BCUT2D eigenvalue weighted by atomic mass is 19.3. The molecule has 1 atom stereocenters. The molecule has 1 N–H and O–H groups in total. The average molecular weight is 229 g/mol. The van der Waals surface area contributed by atoms with Crippen LogP contribution >= 0.6 is 0 Å². The van der Waals surface area contributed by atoms with Gasteiger partial charge in [-0.25, -0.2) is 8.78 Å². The first kappa shape index (κ1) is 11.1. The topological polar surface area (TPSA) is 30.5 Å². The molecule has 1 aliphatic heterocycles. The molecular weight excluding hydrogens is 216 g/mol. The summed E-state index contributed by atoms with van der Waals surface area (Å²) in [4.78, 5) is 0. The van der Waals surface area contributed by atoms with Gasteiger partial charge in [-0.3, -0.25) is 0 Å². The Labute approximate surface area is 92.4 Å². The van der Waals surface area contributed by atoms with E-state index in [1.165, 1.54) is 0 Å². The van der Waals surface area contributed by atoms with Gasteiger partial charge in [0.2, 0.25) is 0 Å². The van der Waals surface area contributed by atoms with Crippen molar-refractivity contribution < 1.29 is 18.3 Å². The Bertz CT molecular complexity index is 371. The van der Waals surface area contributed by atoms with E-state index >= 15 is 0 Å². The van der Waals surface area contributed by atoms with Crippen LogP contribution in [0.2, 0.25) is 0 Å². The van der Waals surface area contributed by atoms with E-state index in [9.17, 15) is 8.78 Å². The van der Waals surface area contributed by atoms with Crippen LogP contribution in [0.3, 0.4) is 0 Å². The first-order valence-electron chi connectivity index (χ1n) is 5.05. The van der Waals surface area contributed by atoms with Crippen LogP contribution in [-0.4, -0.2) is 26.7 Å². The number of halogens is 2. The zero-order chi connectivity index (χ0) is 11.5. The number of hydrogen-bond acceptors (Lipinski definition) is 3. The number of benzene rings is 1. The number of alkyl halides is 2. The monoisotopic (exact) mass is 229 g/mol. The van der Waals surface area contributed by atoms with Crippen molar-refractivity contribution in [2.75, 3.05) is 20.3 Å². The number of rotatable bonds is 4. The number of ether oxygens (including phenoxy) is 2. The Morgan fingerprint density at radius 3 is 3.06 bits per heavy atom. The summed E-state index contributed by atoms with van der Waals surface area (Å²) in [7, 11) is 1.85. The Balaban J connectivity index is 2.09. The van der Waals surface area contributed by atoms with Crippen molar-refractivity contribution >= 4 is 0 Å². The maximum Gasteiger partial charge on any atom is 0.272 e. The molecule has 1 aromatic rings. The van der Waals surface area contributed by atoms with Crippen molar-refractivity contribution in [1.29, 1.82) is 0 Å². The van der Waals surface area contributed by atoms with Crippen LogP contribution in [-0.2, 0) is 0 Å². The second-order valence-electron chi connectivity index (χ2n) is 3.55. The summed E-state index contributed by atoms with van der Waals surface area (Å²) in [5, 5.41) is 3.10. The molecule has 1 unspecified atom stereocenters. The SMILES string of the molecule is CNC1COc2cc(OCC(F)F)ccc21. The van der Waals surface area contributed by atoms with Gasteiger partial charge in [-0.15, -0.1) is 0 Å². The van der Waals surface area contributed by atoms with E-state index in [2.05, 4.69) is 5.32 Å². The molecule has 0 aromatic heterocycles. The van der Waals surface area contributed by atoms with Gasteiger partial charge in [0.1, 0.15) is 24.7 Å². The third kappa shape index (κ3) is 2.24. The van der Waals surface area contributed by atoms with E-state index in [-0.39, 0.29) is 6.04 Å². The molecule has 3 nitrogen and oxygen atoms in total. The standard InChI is InChI=1S/C11H13F2NO2/c1-14-9-5-16-10-4-7(2-3-8(9)10)15-6-11(12)13/h2-4,9,11,14H,5-6H2,1H3. The summed E-state index contributed by atoms with van der Waals surface area (Å²) in [6, 6.07) is 5.33. The Morgan fingerprint density at radius 1 is 1.56 bits per heavy atom. The van der Waals surface area contributed by atoms with Crippen LogP contribution in [0.1, 0.15) is 11.6 Å². The number of nitrogens with one attached hydrogen (secondary N) is 1. The Kier molecular flexibility index (Phi) is 3.24. The van der Waals surface area contributed by atoms with Crippen molar-refractivity contribution in [3.63, 3.8) is 0 Å². The van der Waals surface area contributed by atoms with E-state index in [0.29, 0.717) is 18.1 Å². The van der Waals surface area contributed by atoms with Gasteiger partial charge >= 0.3 is 0 Å². The number of hydrogen-bond donors (Lipinski definition) is 1. The summed E-state index contributed by atoms with van der Waals surface area (Å²) < 4.78 is 34.2. The fourth-order valence-corrected chi connectivity index (χ4v) is 1.68. The lowest BCUT2D eigenvalue weighted by molar-refractivity contribution is 0.0818. The highest BCUT2D eigenvalue weighted by Gasteiger charge is 2.22. The molecule has 0 fully saturated rings. The van der Waals surface area contributed by atoms with Gasteiger partial charge in [-0.2, -0.15) is 0 Å². The van der Waals surface area contributed by atoms with E-state index < -0.39 is 13.0 Å². The van der Waals surface area contributed by atoms with Crippen molar-refractivity contribution in [2.24, 2.45) is 0 Å². The van der Waals surface area contributed by atoms with Gasteiger partial charge in [-0.05, 0) is 19.2 Å². The summed E-state index contributed by atoms with van der Waals surface area (Å²) >= 11 is 0. The highest BCUT2D eigenvalue weighted by Crippen LogP contribution is 2.34. The van der Waals surface area contributed by atoms with Crippen molar-refractivity contribution in [2.45, 2.75) is 12.5 Å². The lowest BCUT2D eigenvalue weighted by atomic mass is 10.1. The smallest absolute Gasteiger partial charge is 0.272 e. The summed E-state index contributed by atoms with van der Waals surface area (Å²) in [5.41, 5.74) is 1.03. The molecule has 5 heteroatoms. The third-order valence-electron chi connectivity index (χ3n) is 2.49. The first-order valence-corrected chi connectivity index (χ1v) is 5.05. The van der Waals surface area contributed by atoms with Gasteiger partial charge in [0, 0.05) is 11.6 Å². The quantitative estimate of drug-likeness (QED) is 0.856. The van der Waals surface area contributed by atoms with E-state index in [1.807, 2.05) is 13.1 Å². The molecular formula is C11H13F2NO2. The lowest BCUT2D eigenvalue weighted by Crippen LogP contribution is -2.17.